The van der Waals surface area contributed by atoms with Crippen LogP contribution in [-0.4, -0.2) is 42.0 Å². The second-order valence-electron chi connectivity index (χ2n) is 5.37. The molecule has 0 aromatic heterocycles. The van der Waals surface area contributed by atoms with Crippen molar-refractivity contribution in [3.8, 4) is 0 Å². The van der Waals surface area contributed by atoms with Crippen LogP contribution < -0.4 is 5.32 Å². The quantitative estimate of drug-likeness (QED) is 0.790. The Hall–Kier alpha value is -0.820. The van der Waals surface area contributed by atoms with Crippen molar-refractivity contribution in [2.45, 2.75) is 69.9 Å². The van der Waals surface area contributed by atoms with Crippen LogP contribution in [0.15, 0.2) is 0 Å². The molecule has 3 atom stereocenters. The second kappa shape index (κ2) is 7.83. The molecule has 4 nitrogen and oxygen atoms in total. The van der Waals surface area contributed by atoms with Crippen molar-refractivity contribution in [3.63, 3.8) is 0 Å². The molecule has 1 amide bonds. The van der Waals surface area contributed by atoms with Gasteiger partial charge in [-0.25, -0.2) is 0 Å². The first-order chi connectivity index (χ1) is 9.26. The Bertz CT molecular complexity index is 308. The molecule has 0 aromatic carbocycles. The molecule has 20 heavy (non-hydrogen) atoms. The molecule has 0 aliphatic heterocycles. The maximum atomic E-state index is 12.1. The normalized spacial score (nSPS) is 25.2. The van der Waals surface area contributed by atoms with E-state index in [-0.39, 0.29) is 18.4 Å². The molecular weight excluding hydrogens is 275 g/mol. The summed E-state index contributed by atoms with van der Waals surface area (Å²) >= 11 is 0. The van der Waals surface area contributed by atoms with Crippen LogP contribution in [0.3, 0.4) is 0 Å². The monoisotopic (exact) mass is 297 g/mol. The highest BCUT2D eigenvalue weighted by atomic mass is 19.4. The van der Waals surface area contributed by atoms with Crippen molar-refractivity contribution in [2.75, 3.05) is 6.61 Å². The van der Waals surface area contributed by atoms with Gasteiger partial charge < -0.3 is 15.2 Å². The van der Waals surface area contributed by atoms with Crippen LogP contribution in [-0.2, 0) is 9.53 Å². The first-order valence-electron chi connectivity index (χ1n) is 6.92. The van der Waals surface area contributed by atoms with Gasteiger partial charge in [-0.15, -0.1) is 0 Å². The number of halogens is 3. The predicted octanol–water partition coefficient (Wildman–Crippen LogP) is 2.15. The lowest BCUT2D eigenvalue weighted by Gasteiger charge is -2.30. The van der Waals surface area contributed by atoms with Gasteiger partial charge in [0.2, 0.25) is 5.91 Å². The van der Waals surface area contributed by atoms with Crippen LogP contribution >= 0.6 is 0 Å². The highest BCUT2D eigenvalue weighted by molar-refractivity contribution is 5.76. The maximum Gasteiger partial charge on any atom is 0.411 e. The standard InChI is InChI=1S/C13H22F3NO3/c1-9(18)5-6-12(19)17-10-3-2-4-11(7-10)20-8-13(14,15)16/h9-11,18H,2-8H2,1H3,(H,17,19). The lowest BCUT2D eigenvalue weighted by molar-refractivity contribution is -0.188. The summed E-state index contributed by atoms with van der Waals surface area (Å²) in [5.41, 5.74) is 0. The number of aliphatic hydroxyl groups is 1. The van der Waals surface area contributed by atoms with Crippen LogP contribution in [0.4, 0.5) is 13.2 Å². The zero-order valence-corrected chi connectivity index (χ0v) is 11.6. The molecule has 1 rings (SSSR count). The van der Waals surface area contributed by atoms with Gasteiger partial charge in [0.05, 0.1) is 12.2 Å². The summed E-state index contributed by atoms with van der Waals surface area (Å²) in [6, 6.07) is -0.136. The summed E-state index contributed by atoms with van der Waals surface area (Å²) in [4.78, 5) is 11.6. The first kappa shape index (κ1) is 17.2. The van der Waals surface area contributed by atoms with Crippen molar-refractivity contribution in [1.82, 2.24) is 5.32 Å². The average Bonchev–Trinajstić information content (AvgIpc) is 2.34. The Balaban J connectivity index is 2.28. The van der Waals surface area contributed by atoms with Crippen LogP contribution in [0, 0.1) is 0 Å². The number of ether oxygens (including phenoxy) is 1. The van der Waals surface area contributed by atoms with Gasteiger partial charge in [-0.1, -0.05) is 0 Å². The van der Waals surface area contributed by atoms with E-state index in [1.807, 2.05) is 0 Å². The molecule has 1 fully saturated rings. The molecular formula is C13H22F3NO3. The number of carbonyl (C=O) groups is 1. The zero-order valence-electron chi connectivity index (χ0n) is 11.6. The van der Waals surface area contributed by atoms with E-state index in [9.17, 15) is 18.0 Å². The minimum atomic E-state index is -4.31. The van der Waals surface area contributed by atoms with Gasteiger partial charge in [-0.3, -0.25) is 4.79 Å². The number of aliphatic hydroxyl groups excluding tert-OH is 1. The Kier molecular flexibility index (Phi) is 6.75. The molecule has 3 unspecified atom stereocenters. The smallest absolute Gasteiger partial charge is 0.393 e. The van der Waals surface area contributed by atoms with Gasteiger partial charge in [0.1, 0.15) is 6.61 Å². The number of rotatable bonds is 6. The van der Waals surface area contributed by atoms with Crippen LogP contribution in [0.5, 0.6) is 0 Å². The fourth-order valence-electron chi connectivity index (χ4n) is 2.28. The summed E-state index contributed by atoms with van der Waals surface area (Å²) in [6.45, 7) is 0.370. The van der Waals surface area contributed by atoms with Gasteiger partial charge in [-0.05, 0) is 39.0 Å². The molecule has 1 aliphatic rings. The van der Waals surface area contributed by atoms with Crippen molar-refractivity contribution < 1.29 is 27.8 Å². The molecule has 0 heterocycles. The van der Waals surface area contributed by atoms with Crippen LogP contribution in [0.25, 0.3) is 0 Å². The number of alkyl halides is 3. The third-order valence-corrected chi connectivity index (χ3v) is 3.26. The largest absolute Gasteiger partial charge is 0.411 e. The number of carbonyl (C=O) groups excluding carboxylic acids is 1. The van der Waals surface area contributed by atoms with E-state index in [0.717, 1.165) is 12.8 Å². The molecule has 0 spiro atoms. The van der Waals surface area contributed by atoms with Gasteiger partial charge in [0.25, 0.3) is 0 Å². The minimum absolute atomic E-state index is 0.136. The van der Waals surface area contributed by atoms with Crippen LogP contribution in [0.1, 0.15) is 45.4 Å². The number of nitrogens with one attached hydrogen (secondary N) is 1. The lowest BCUT2D eigenvalue weighted by Crippen LogP contribution is -2.41. The Morgan fingerprint density at radius 3 is 2.75 bits per heavy atom. The summed E-state index contributed by atoms with van der Waals surface area (Å²) in [5.74, 6) is -0.174. The van der Waals surface area contributed by atoms with E-state index in [2.05, 4.69) is 5.32 Å². The Morgan fingerprint density at radius 2 is 2.15 bits per heavy atom. The van der Waals surface area contributed by atoms with E-state index in [4.69, 9.17) is 9.84 Å². The number of hydrogen-bond acceptors (Lipinski definition) is 3. The summed E-state index contributed by atoms with van der Waals surface area (Å²) < 4.78 is 41.1. The van der Waals surface area contributed by atoms with Crippen molar-refractivity contribution in [1.29, 1.82) is 0 Å². The third-order valence-electron chi connectivity index (χ3n) is 3.26. The topological polar surface area (TPSA) is 58.6 Å². The number of amides is 1. The summed E-state index contributed by atoms with van der Waals surface area (Å²) in [7, 11) is 0. The Morgan fingerprint density at radius 1 is 1.45 bits per heavy atom. The molecule has 118 valence electrons. The molecule has 0 radical (unpaired) electrons. The third kappa shape index (κ3) is 7.69. The van der Waals surface area contributed by atoms with Crippen molar-refractivity contribution >= 4 is 5.91 Å². The molecule has 0 saturated heterocycles. The molecule has 7 heteroatoms. The zero-order chi connectivity index (χ0) is 15.2. The highest BCUT2D eigenvalue weighted by Gasteiger charge is 2.31. The van der Waals surface area contributed by atoms with E-state index in [1.165, 1.54) is 0 Å². The molecule has 1 saturated carbocycles. The maximum absolute atomic E-state index is 12.1. The van der Waals surface area contributed by atoms with E-state index in [0.29, 0.717) is 19.3 Å². The molecule has 1 aliphatic carbocycles. The van der Waals surface area contributed by atoms with Crippen molar-refractivity contribution in [3.05, 3.63) is 0 Å². The van der Waals surface area contributed by atoms with Gasteiger partial charge in [0.15, 0.2) is 0 Å². The van der Waals surface area contributed by atoms with Gasteiger partial charge in [0, 0.05) is 12.5 Å². The average molecular weight is 297 g/mol. The summed E-state index contributed by atoms with van der Waals surface area (Å²) in [6.07, 6.45) is -2.19. The van der Waals surface area contributed by atoms with E-state index in [1.54, 1.807) is 6.92 Å². The fraction of sp³-hybridized carbons (Fsp3) is 0.923. The second-order valence-corrected chi connectivity index (χ2v) is 5.37. The lowest BCUT2D eigenvalue weighted by atomic mass is 9.92. The minimum Gasteiger partial charge on any atom is -0.393 e. The first-order valence-corrected chi connectivity index (χ1v) is 6.92. The van der Waals surface area contributed by atoms with Gasteiger partial charge in [-0.2, -0.15) is 13.2 Å². The Labute approximate surface area is 116 Å². The van der Waals surface area contributed by atoms with Crippen LogP contribution in [0.2, 0.25) is 0 Å². The van der Waals surface area contributed by atoms with Gasteiger partial charge >= 0.3 is 6.18 Å². The number of hydrogen-bond donors (Lipinski definition) is 2. The van der Waals surface area contributed by atoms with Crippen molar-refractivity contribution in [2.24, 2.45) is 0 Å². The van der Waals surface area contributed by atoms with E-state index < -0.39 is 25.0 Å². The fourth-order valence-corrected chi connectivity index (χ4v) is 2.28. The predicted molar refractivity (Wildman–Crippen MR) is 67.1 cm³/mol. The molecule has 0 bridgehead atoms. The molecule has 0 aromatic rings. The SMILES string of the molecule is CC(O)CCC(=O)NC1CCCC(OCC(F)(F)F)C1. The molecule has 2 N–H and O–H groups in total. The summed E-state index contributed by atoms with van der Waals surface area (Å²) in [5, 5.41) is 11.9. The van der Waals surface area contributed by atoms with E-state index >= 15 is 0 Å². The highest BCUT2D eigenvalue weighted by Crippen LogP contribution is 2.24.